The van der Waals surface area contributed by atoms with Gasteiger partial charge in [0, 0.05) is 33.2 Å². The molecule has 0 aromatic heterocycles. The Bertz CT molecular complexity index is 3030. The number of nitrogens with zero attached hydrogens (tertiary/aromatic N) is 1. The Hall–Kier alpha value is -6.44. The summed E-state index contributed by atoms with van der Waals surface area (Å²) in [6.45, 7) is 14.2. The third-order valence-corrected chi connectivity index (χ3v) is 14.8. The van der Waals surface area contributed by atoms with E-state index in [0.717, 1.165) is 24.2 Å². The first-order valence-corrected chi connectivity index (χ1v) is 21.9. The van der Waals surface area contributed by atoms with Gasteiger partial charge in [0.15, 0.2) is 0 Å². The first kappa shape index (κ1) is 36.6. The fourth-order valence-electron chi connectivity index (χ4n) is 11.6. The molecule has 1 nitrogen and oxygen atoms in total. The van der Waals surface area contributed by atoms with E-state index in [0.29, 0.717) is 0 Å². The van der Waals surface area contributed by atoms with Crippen molar-refractivity contribution >= 4 is 17.1 Å². The van der Waals surface area contributed by atoms with Gasteiger partial charge in [0.2, 0.25) is 0 Å². The largest absolute Gasteiger partial charge is 0.310 e. The van der Waals surface area contributed by atoms with Crippen LogP contribution in [0.5, 0.6) is 0 Å². The molecule has 0 atom stereocenters. The molecule has 11 rings (SSSR count). The van der Waals surface area contributed by atoms with Crippen LogP contribution in [-0.2, 0) is 16.2 Å². The molecule has 0 amide bonds. The van der Waals surface area contributed by atoms with Gasteiger partial charge in [0.1, 0.15) is 0 Å². The van der Waals surface area contributed by atoms with E-state index in [1.807, 2.05) is 0 Å². The summed E-state index contributed by atoms with van der Waals surface area (Å²) < 4.78 is 0. The predicted molar refractivity (Wildman–Crippen MR) is 254 cm³/mol. The molecule has 8 aromatic carbocycles. The topological polar surface area (TPSA) is 3.24 Å². The molecule has 0 fully saturated rings. The molecular formula is C59H51N. The molecule has 0 saturated heterocycles. The highest BCUT2D eigenvalue weighted by molar-refractivity contribution is 5.99. The smallest absolute Gasteiger partial charge is 0.0540 e. The third kappa shape index (κ3) is 5.05. The van der Waals surface area contributed by atoms with Crippen molar-refractivity contribution in [1.29, 1.82) is 0 Å². The first-order valence-electron chi connectivity index (χ1n) is 21.9. The molecule has 0 saturated carbocycles. The van der Waals surface area contributed by atoms with E-state index in [9.17, 15) is 0 Å². The van der Waals surface area contributed by atoms with Crippen LogP contribution in [0, 0.1) is 0 Å². The maximum Gasteiger partial charge on any atom is 0.0540 e. The molecule has 292 valence electrons. The molecule has 3 aliphatic carbocycles. The highest BCUT2D eigenvalue weighted by Gasteiger charge is 2.42. The minimum absolute atomic E-state index is 0.00271. The number of para-hydroxylation sites is 1. The summed E-state index contributed by atoms with van der Waals surface area (Å²) in [5, 5.41) is 0. The van der Waals surface area contributed by atoms with Crippen molar-refractivity contribution < 1.29 is 0 Å². The average Bonchev–Trinajstić information content (AvgIpc) is 3.81. The summed E-state index contributed by atoms with van der Waals surface area (Å²) in [4.78, 5) is 2.53. The van der Waals surface area contributed by atoms with E-state index in [2.05, 4.69) is 222 Å². The van der Waals surface area contributed by atoms with E-state index < -0.39 is 0 Å². The summed E-state index contributed by atoms with van der Waals surface area (Å²) in [6, 6.07) is 66.7. The minimum Gasteiger partial charge on any atom is -0.310 e. The number of anilines is 3. The summed E-state index contributed by atoms with van der Waals surface area (Å²) in [5.74, 6) is 0. The lowest BCUT2D eigenvalue weighted by Gasteiger charge is -2.31. The van der Waals surface area contributed by atoms with Crippen LogP contribution in [0.15, 0.2) is 176 Å². The molecule has 60 heavy (non-hydrogen) atoms. The van der Waals surface area contributed by atoms with Crippen molar-refractivity contribution in [3.05, 3.63) is 209 Å². The van der Waals surface area contributed by atoms with Crippen molar-refractivity contribution in [3.8, 4) is 55.6 Å². The van der Waals surface area contributed by atoms with Crippen LogP contribution < -0.4 is 4.90 Å². The van der Waals surface area contributed by atoms with Crippen LogP contribution in [0.1, 0.15) is 87.8 Å². The van der Waals surface area contributed by atoms with Gasteiger partial charge in [-0.15, -0.1) is 0 Å². The van der Waals surface area contributed by atoms with Gasteiger partial charge >= 0.3 is 0 Å². The molecule has 0 bridgehead atoms. The fourth-order valence-corrected chi connectivity index (χ4v) is 11.6. The number of rotatable bonds is 7. The van der Waals surface area contributed by atoms with Crippen LogP contribution in [0.25, 0.3) is 55.6 Å². The van der Waals surface area contributed by atoms with Gasteiger partial charge in [0.05, 0.1) is 5.69 Å². The Kier molecular flexibility index (Phi) is 8.11. The normalized spacial score (nSPS) is 15.4. The molecule has 0 unspecified atom stereocenters. The highest BCUT2D eigenvalue weighted by Crippen LogP contribution is 2.57. The van der Waals surface area contributed by atoms with E-state index in [-0.39, 0.29) is 16.2 Å². The number of hydrogen-bond acceptors (Lipinski definition) is 1. The zero-order valence-corrected chi connectivity index (χ0v) is 35.6. The third-order valence-electron chi connectivity index (χ3n) is 14.8. The van der Waals surface area contributed by atoms with E-state index >= 15 is 0 Å². The van der Waals surface area contributed by atoms with Gasteiger partial charge in [-0.1, -0.05) is 181 Å². The standard InChI is InChI=1S/C59H51N/c1-7-59(8-2)51-28-15-11-24-48(51)56-47(25-18-29-52(56)59)46-23-12-16-30-55(46)60(41-32-34-45-43-22-10-14-27-50(43)58(5,6)54(45)37-41)40-20-17-19-38(35-40)39-31-33-44-42-21-9-13-26-49(42)57(3,4)53(44)36-39/h9-37H,7-8H2,1-6H3. The summed E-state index contributed by atoms with van der Waals surface area (Å²) in [5.41, 5.74) is 24.8. The van der Waals surface area contributed by atoms with Crippen LogP contribution >= 0.6 is 0 Å². The Balaban J connectivity index is 1.12. The van der Waals surface area contributed by atoms with Gasteiger partial charge in [-0.2, -0.15) is 0 Å². The lowest BCUT2D eigenvalue weighted by molar-refractivity contribution is 0.490. The number of benzene rings is 8. The van der Waals surface area contributed by atoms with Crippen molar-refractivity contribution in [2.45, 2.75) is 70.6 Å². The van der Waals surface area contributed by atoms with E-state index in [1.165, 1.54) is 94.7 Å². The van der Waals surface area contributed by atoms with Gasteiger partial charge in [0.25, 0.3) is 0 Å². The molecular weight excluding hydrogens is 723 g/mol. The van der Waals surface area contributed by atoms with Gasteiger partial charge in [-0.05, 0) is 133 Å². The van der Waals surface area contributed by atoms with Crippen LogP contribution in [0.4, 0.5) is 17.1 Å². The molecule has 3 aliphatic rings. The molecule has 0 aliphatic heterocycles. The quantitative estimate of drug-likeness (QED) is 0.156. The average molecular weight is 774 g/mol. The SMILES string of the molecule is CCC1(CC)c2ccccc2-c2c(-c3ccccc3N(c3cccc(-c4ccc5c(c4)C(C)(C)c4ccccc4-5)c3)c3ccc4c(c3)C(C)(C)c3ccccc3-4)cccc21. The first-order chi connectivity index (χ1) is 29.2. The van der Waals surface area contributed by atoms with Gasteiger partial charge in [-0.3, -0.25) is 0 Å². The maximum absolute atomic E-state index is 2.53. The second-order valence-electron chi connectivity index (χ2n) is 18.3. The van der Waals surface area contributed by atoms with Crippen LogP contribution in [0.3, 0.4) is 0 Å². The zero-order valence-electron chi connectivity index (χ0n) is 35.6. The molecule has 0 heterocycles. The lowest BCUT2D eigenvalue weighted by atomic mass is 9.73. The second-order valence-corrected chi connectivity index (χ2v) is 18.3. The zero-order chi connectivity index (χ0) is 41.0. The Morgan fingerprint density at radius 2 is 0.833 bits per heavy atom. The molecule has 0 N–H and O–H groups in total. The monoisotopic (exact) mass is 773 g/mol. The van der Waals surface area contributed by atoms with Crippen LogP contribution in [0.2, 0.25) is 0 Å². The maximum atomic E-state index is 2.53. The number of hydrogen-bond donors (Lipinski definition) is 0. The summed E-state index contributed by atoms with van der Waals surface area (Å²) >= 11 is 0. The molecule has 1 heteroatoms. The second kappa shape index (κ2) is 13.3. The van der Waals surface area contributed by atoms with Crippen LogP contribution in [-0.4, -0.2) is 0 Å². The molecule has 0 spiro atoms. The van der Waals surface area contributed by atoms with Gasteiger partial charge < -0.3 is 4.90 Å². The minimum atomic E-state index is -0.128. The van der Waals surface area contributed by atoms with Gasteiger partial charge in [-0.25, -0.2) is 0 Å². The Morgan fingerprint density at radius 1 is 0.350 bits per heavy atom. The van der Waals surface area contributed by atoms with Crippen molar-refractivity contribution in [1.82, 2.24) is 0 Å². The van der Waals surface area contributed by atoms with E-state index in [1.54, 1.807) is 0 Å². The Labute approximate surface area is 356 Å². The predicted octanol–water partition coefficient (Wildman–Crippen LogP) is 16.2. The van der Waals surface area contributed by atoms with Crippen molar-refractivity contribution in [3.63, 3.8) is 0 Å². The van der Waals surface area contributed by atoms with Crippen molar-refractivity contribution in [2.24, 2.45) is 0 Å². The molecule has 8 aromatic rings. The Morgan fingerprint density at radius 3 is 1.52 bits per heavy atom. The van der Waals surface area contributed by atoms with Crippen molar-refractivity contribution in [2.75, 3.05) is 4.90 Å². The fraction of sp³-hybridized carbons (Fsp3) is 0.186. The highest BCUT2D eigenvalue weighted by atomic mass is 15.1. The summed E-state index contributed by atoms with van der Waals surface area (Å²) in [6.07, 6.45) is 2.13. The summed E-state index contributed by atoms with van der Waals surface area (Å²) in [7, 11) is 0. The number of fused-ring (bicyclic) bond motifs is 9. The van der Waals surface area contributed by atoms with E-state index in [4.69, 9.17) is 0 Å². The molecule has 0 radical (unpaired) electrons. The lowest BCUT2D eigenvalue weighted by Crippen LogP contribution is -2.22.